The van der Waals surface area contributed by atoms with E-state index in [4.69, 9.17) is 5.73 Å². The molecule has 128 valence electrons. The molecule has 0 amide bonds. The highest BCUT2D eigenvalue weighted by molar-refractivity contribution is 5.59. The standard InChI is InChI=1S/C16H21F3N2O2/c1-2-12-9-14(20)13-8-11(16(17,18)19)4-5-15(13)21(12)6-3-7-23-10-22/h4-5,8,10,12,14H,2-3,6-7,9,20H2,1H3. The van der Waals surface area contributed by atoms with Gasteiger partial charge in [-0.15, -0.1) is 0 Å². The number of nitrogens with two attached hydrogens (primary N) is 1. The number of nitrogens with zero attached hydrogens (tertiary/aromatic N) is 1. The minimum absolute atomic E-state index is 0.172. The summed E-state index contributed by atoms with van der Waals surface area (Å²) in [6.45, 7) is 3.32. The summed E-state index contributed by atoms with van der Waals surface area (Å²) in [5.74, 6) is 0. The molecule has 0 aliphatic carbocycles. The predicted molar refractivity (Wildman–Crippen MR) is 81.0 cm³/mol. The molecule has 0 fully saturated rings. The summed E-state index contributed by atoms with van der Waals surface area (Å²) in [5.41, 5.74) is 6.70. The highest BCUT2D eigenvalue weighted by Crippen LogP contribution is 2.40. The second-order valence-electron chi connectivity index (χ2n) is 5.69. The maximum atomic E-state index is 12.9. The second-order valence-corrected chi connectivity index (χ2v) is 5.69. The van der Waals surface area contributed by atoms with E-state index in [1.54, 1.807) is 0 Å². The van der Waals surface area contributed by atoms with Crippen molar-refractivity contribution in [1.29, 1.82) is 0 Å². The number of hydrogen-bond acceptors (Lipinski definition) is 4. The number of benzene rings is 1. The number of halogens is 3. The molecule has 0 aromatic heterocycles. The molecule has 0 spiro atoms. The lowest BCUT2D eigenvalue weighted by molar-refractivity contribution is -0.137. The topological polar surface area (TPSA) is 55.6 Å². The number of rotatable bonds is 6. The summed E-state index contributed by atoms with van der Waals surface area (Å²) in [7, 11) is 0. The van der Waals surface area contributed by atoms with Crippen LogP contribution in [0.1, 0.15) is 43.4 Å². The van der Waals surface area contributed by atoms with Crippen LogP contribution in [0.3, 0.4) is 0 Å². The molecular weight excluding hydrogens is 309 g/mol. The molecular formula is C16H21F3N2O2. The van der Waals surface area contributed by atoms with Crippen molar-refractivity contribution in [3.63, 3.8) is 0 Å². The first-order chi connectivity index (χ1) is 10.9. The normalized spacial score (nSPS) is 21.0. The molecule has 2 atom stereocenters. The summed E-state index contributed by atoms with van der Waals surface area (Å²) in [4.78, 5) is 12.3. The van der Waals surface area contributed by atoms with Crippen LogP contribution in [0.5, 0.6) is 0 Å². The smallest absolute Gasteiger partial charge is 0.416 e. The van der Waals surface area contributed by atoms with E-state index in [1.807, 2.05) is 6.92 Å². The molecule has 2 rings (SSSR count). The minimum atomic E-state index is -4.38. The maximum Gasteiger partial charge on any atom is 0.416 e. The minimum Gasteiger partial charge on any atom is -0.468 e. The van der Waals surface area contributed by atoms with Gasteiger partial charge in [0.1, 0.15) is 0 Å². The molecule has 0 saturated heterocycles. The molecule has 23 heavy (non-hydrogen) atoms. The Morgan fingerprint density at radius 3 is 2.78 bits per heavy atom. The van der Waals surface area contributed by atoms with E-state index >= 15 is 0 Å². The van der Waals surface area contributed by atoms with E-state index in [0.717, 1.165) is 24.2 Å². The fraction of sp³-hybridized carbons (Fsp3) is 0.562. The van der Waals surface area contributed by atoms with Gasteiger partial charge >= 0.3 is 6.18 Å². The third kappa shape index (κ3) is 3.96. The molecule has 0 saturated carbocycles. The third-order valence-electron chi connectivity index (χ3n) is 4.23. The Labute approximate surface area is 133 Å². The Kier molecular flexibility index (Phi) is 5.51. The van der Waals surface area contributed by atoms with Crippen LogP contribution in [0.4, 0.5) is 18.9 Å². The molecule has 1 aliphatic heterocycles. The first-order valence-electron chi connectivity index (χ1n) is 7.67. The fourth-order valence-electron chi connectivity index (χ4n) is 3.09. The predicted octanol–water partition coefficient (Wildman–Crippen LogP) is 3.26. The molecule has 7 heteroatoms. The lowest BCUT2D eigenvalue weighted by Gasteiger charge is -2.41. The second kappa shape index (κ2) is 7.21. The van der Waals surface area contributed by atoms with Crippen LogP contribution in [0.2, 0.25) is 0 Å². The van der Waals surface area contributed by atoms with E-state index in [1.165, 1.54) is 6.07 Å². The zero-order valence-corrected chi connectivity index (χ0v) is 13.0. The average Bonchev–Trinajstić information content (AvgIpc) is 2.51. The number of ether oxygens (including phenoxy) is 1. The van der Waals surface area contributed by atoms with Crippen molar-refractivity contribution in [2.45, 2.75) is 44.4 Å². The quantitative estimate of drug-likeness (QED) is 0.642. The van der Waals surface area contributed by atoms with Crippen LogP contribution in [0.25, 0.3) is 0 Å². The van der Waals surface area contributed by atoms with Crippen molar-refractivity contribution in [1.82, 2.24) is 0 Å². The Balaban J connectivity index is 2.28. The molecule has 1 aromatic rings. The molecule has 1 aliphatic rings. The molecule has 0 radical (unpaired) electrons. The average molecular weight is 330 g/mol. The van der Waals surface area contributed by atoms with Gasteiger partial charge in [0.15, 0.2) is 0 Å². The Bertz CT molecular complexity index is 549. The van der Waals surface area contributed by atoms with Gasteiger partial charge in [-0.05, 0) is 43.0 Å². The van der Waals surface area contributed by atoms with Gasteiger partial charge in [-0.2, -0.15) is 13.2 Å². The van der Waals surface area contributed by atoms with Gasteiger partial charge in [0.25, 0.3) is 6.47 Å². The summed E-state index contributed by atoms with van der Waals surface area (Å²) in [5, 5.41) is 0. The van der Waals surface area contributed by atoms with Gasteiger partial charge in [-0.3, -0.25) is 4.79 Å². The van der Waals surface area contributed by atoms with Crippen molar-refractivity contribution in [3.05, 3.63) is 29.3 Å². The molecule has 2 unspecified atom stereocenters. The van der Waals surface area contributed by atoms with Crippen molar-refractivity contribution >= 4 is 12.2 Å². The number of anilines is 1. The number of carbonyl (C=O) groups is 1. The van der Waals surface area contributed by atoms with E-state index in [9.17, 15) is 18.0 Å². The van der Waals surface area contributed by atoms with Crippen molar-refractivity contribution < 1.29 is 22.7 Å². The summed E-state index contributed by atoms with van der Waals surface area (Å²) >= 11 is 0. The van der Waals surface area contributed by atoms with Gasteiger partial charge in [0.05, 0.1) is 12.2 Å². The van der Waals surface area contributed by atoms with E-state index in [0.29, 0.717) is 38.0 Å². The zero-order valence-electron chi connectivity index (χ0n) is 13.0. The monoisotopic (exact) mass is 330 g/mol. The molecule has 0 bridgehead atoms. The summed E-state index contributed by atoms with van der Waals surface area (Å²) in [6.07, 6.45) is -2.30. The fourth-order valence-corrected chi connectivity index (χ4v) is 3.09. The molecule has 1 heterocycles. The number of fused-ring (bicyclic) bond motifs is 1. The Morgan fingerprint density at radius 1 is 1.43 bits per heavy atom. The maximum absolute atomic E-state index is 12.9. The highest BCUT2D eigenvalue weighted by atomic mass is 19.4. The zero-order chi connectivity index (χ0) is 17.0. The van der Waals surface area contributed by atoms with Gasteiger partial charge < -0.3 is 15.4 Å². The number of carbonyl (C=O) groups excluding carboxylic acids is 1. The van der Waals surface area contributed by atoms with Crippen LogP contribution < -0.4 is 10.6 Å². The lowest BCUT2D eigenvalue weighted by Crippen LogP contribution is -2.43. The Hall–Kier alpha value is -1.76. The first kappa shape index (κ1) is 17.6. The van der Waals surface area contributed by atoms with Crippen LogP contribution >= 0.6 is 0 Å². The largest absolute Gasteiger partial charge is 0.468 e. The number of alkyl halides is 3. The SMILES string of the molecule is CCC1CC(N)c2cc(C(F)(F)F)ccc2N1CCCOC=O. The third-order valence-corrected chi connectivity index (χ3v) is 4.23. The Morgan fingerprint density at radius 2 is 2.17 bits per heavy atom. The van der Waals surface area contributed by atoms with E-state index < -0.39 is 17.8 Å². The van der Waals surface area contributed by atoms with Gasteiger partial charge in [-0.25, -0.2) is 0 Å². The van der Waals surface area contributed by atoms with Gasteiger partial charge in [0.2, 0.25) is 0 Å². The van der Waals surface area contributed by atoms with Crippen LogP contribution in [0.15, 0.2) is 18.2 Å². The molecule has 2 N–H and O–H groups in total. The summed E-state index contributed by atoms with van der Waals surface area (Å²) in [6, 6.07) is 3.52. The highest BCUT2D eigenvalue weighted by Gasteiger charge is 2.35. The lowest BCUT2D eigenvalue weighted by atomic mass is 9.89. The molecule has 1 aromatic carbocycles. The van der Waals surface area contributed by atoms with Gasteiger partial charge in [-0.1, -0.05) is 6.92 Å². The summed E-state index contributed by atoms with van der Waals surface area (Å²) < 4.78 is 43.4. The van der Waals surface area contributed by atoms with E-state index in [-0.39, 0.29) is 6.04 Å². The van der Waals surface area contributed by atoms with Gasteiger partial charge in [0, 0.05) is 24.3 Å². The van der Waals surface area contributed by atoms with Crippen LogP contribution in [-0.2, 0) is 15.7 Å². The molecule has 4 nitrogen and oxygen atoms in total. The first-order valence-corrected chi connectivity index (χ1v) is 7.67. The van der Waals surface area contributed by atoms with Crippen LogP contribution in [-0.4, -0.2) is 25.7 Å². The van der Waals surface area contributed by atoms with E-state index in [2.05, 4.69) is 9.64 Å². The van der Waals surface area contributed by atoms with Crippen molar-refractivity contribution in [2.75, 3.05) is 18.1 Å². The van der Waals surface area contributed by atoms with Crippen molar-refractivity contribution in [3.8, 4) is 0 Å². The number of hydrogen-bond donors (Lipinski definition) is 1. The van der Waals surface area contributed by atoms with Crippen molar-refractivity contribution in [2.24, 2.45) is 5.73 Å². The van der Waals surface area contributed by atoms with Crippen LogP contribution in [0, 0.1) is 0 Å².